The summed E-state index contributed by atoms with van der Waals surface area (Å²) in [5.74, 6) is -0.435. The molecule has 0 aromatic rings. The van der Waals surface area contributed by atoms with Crippen LogP contribution in [0.5, 0.6) is 0 Å². The Bertz CT molecular complexity index is 1020. The lowest BCUT2D eigenvalue weighted by atomic mass is 10.0. The average molecular weight is 750 g/mol. The van der Waals surface area contributed by atoms with Gasteiger partial charge in [0.1, 0.15) is 6.61 Å². The van der Waals surface area contributed by atoms with Crippen LogP contribution in [0.25, 0.3) is 0 Å². The van der Waals surface area contributed by atoms with Gasteiger partial charge < -0.3 is 20.1 Å². The van der Waals surface area contributed by atoms with Gasteiger partial charge in [0.05, 0.1) is 19.5 Å². The van der Waals surface area contributed by atoms with Crippen molar-refractivity contribution in [1.82, 2.24) is 0 Å². The van der Waals surface area contributed by atoms with E-state index < -0.39 is 19.9 Å². The number of phosphoric ester groups is 1. The van der Waals surface area contributed by atoms with Gasteiger partial charge in [-0.3, -0.25) is 13.8 Å². The van der Waals surface area contributed by atoms with E-state index in [2.05, 4.69) is 62.5 Å². The first-order valence-corrected chi connectivity index (χ1v) is 22.0. The van der Waals surface area contributed by atoms with E-state index in [1.54, 1.807) is 6.26 Å². The van der Waals surface area contributed by atoms with Crippen molar-refractivity contribution in [3.8, 4) is 0 Å². The largest absolute Gasteiger partial charge is 0.498 e. The molecular weight excluding hydrogens is 673 g/mol. The monoisotopic (exact) mass is 750 g/mol. The number of allylic oxidation sites excluding steroid dienone is 11. The second-order valence-electron chi connectivity index (χ2n) is 13.2. The predicted molar refractivity (Wildman–Crippen MR) is 219 cm³/mol. The normalized spacial score (nSPS) is 14.2. The van der Waals surface area contributed by atoms with Crippen LogP contribution >= 0.6 is 7.82 Å². The number of phosphoric acid groups is 1. The lowest BCUT2D eigenvalue weighted by Gasteiger charge is -2.19. The van der Waals surface area contributed by atoms with Crippen molar-refractivity contribution < 1.29 is 32.8 Å². The molecule has 0 fully saturated rings. The third kappa shape index (κ3) is 39.0. The molecule has 1 unspecified atom stereocenters. The van der Waals surface area contributed by atoms with Crippen molar-refractivity contribution >= 4 is 13.8 Å². The van der Waals surface area contributed by atoms with Gasteiger partial charge in [0.25, 0.3) is 0 Å². The zero-order chi connectivity index (χ0) is 38.1. The molecule has 3 N–H and O–H groups in total. The average Bonchev–Trinajstić information content (AvgIpc) is 3.13. The first-order valence-electron chi connectivity index (χ1n) is 20.5. The molecule has 300 valence electrons. The molecule has 0 radical (unpaired) electrons. The van der Waals surface area contributed by atoms with Crippen LogP contribution in [-0.4, -0.2) is 43.3 Å². The van der Waals surface area contributed by atoms with E-state index in [-0.39, 0.29) is 32.8 Å². The summed E-state index contributed by atoms with van der Waals surface area (Å²) in [5, 5.41) is 0. The van der Waals surface area contributed by atoms with Gasteiger partial charge in [0.15, 0.2) is 6.10 Å². The molecule has 9 heteroatoms. The Balaban J connectivity index is 4.27. The first kappa shape index (κ1) is 49.8. The Morgan fingerprint density at radius 3 is 1.58 bits per heavy atom. The van der Waals surface area contributed by atoms with E-state index in [9.17, 15) is 14.3 Å². The third-order valence-corrected chi connectivity index (χ3v) is 9.19. The van der Waals surface area contributed by atoms with Crippen LogP contribution < -0.4 is 5.73 Å². The fraction of sp³-hybridized carbons (Fsp3) is 0.698. The van der Waals surface area contributed by atoms with Crippen LogP contribution in [0.1, 0.15) is 162 Å². The maximum Gasteiger partial charge on any atom is 0.472 e. The van der Waals surface area contributed by atoms with Gasteiger partial charge in [-0.15, -0.1) is 0 Å². The molecule has 0 heterocycles. The van der Waals surface area contributed by atoms with Crippen molar-refractivity contribution in [2.75, 3.05) is 26.4 Å². The zero-order valence-electron chi connectivity index (χ0n) is 33.0. The number of esters is 1. The van der Waals surface area contributed by atoms with Gasteiger partial charge in [0, 0.05) is 13.0 Å². The Morgan fingerprint density at radius 1 is 0.596 bits per heavy atom. The summed E-state index contributed by atoms with van der Waals surface area (Å²) in [5.41, 5.74) is 5.35. The fourth-order valence-corrected chi connectivity index (χ4v) is 5.94. The molecule has 0 aromatic heterocycles. The highest BCUT2D eigenvalue weighted by Crippen LogP contribution is 2.43. The van der Waals surface area contributed by atoms with Crippen LogP contribution in [0, 0.1) is 0 Å². The minimum Gasteiger partial charge on any atom is -0.498 e. The van der Waals surface area contributed by atoms with E-state index in [0.29, 0.717) is 6.42 Å². The summed E-state index contributed by atoms with van der Waals surface area (Å²) < 4.78 is 33.0. The lowest BCUT2D eigenvalue weighted by molar-refractivity contribution is -0.153. The van der Waals surface area contributed by atoms with Crippen LogP contribution in [-0.2, 0) is 27.9 Å². The van der Waals surface area contributed by atoms with E-state index in [1.165, 1.54) is 96.3 Å². The van der Waals surface area contributed by atoms with Crippen molar-refractivity contribution in [2.45, 2.75) is 168 Å². The predicted octanol–water partition coefficient (Wildman–Crippen LogP) is 12.3. The summed E-state index contributed by atoms with van der Waals surface area (Å²) in [6, 6.07) is 0. The number of ether oxygens (including phenoxy) is 2. The minimum atomic E-state index is -4.31. The summed E-state index contributed by atoms with van der Waals surface area (Å²) in [7, 11) is -4.31. The van der Waals surface area contributed by atoms with E-state index in [4.69, 9.17) is 24.3 Å². The van der Waals surface area contributed by atoms with Crippen LogP contribution in [0.3, 0.4) is 0 Å². The smallest absolute Gasteiger partial charge is 0.472 e. The number of carbonyl (C=O) groups is 1. The number of hydrogen-bond acceptors (Lipinski definition) is 7. The number of unbranched alkanes of at least 4 members (excludes halogenated alkanes) is 15. The van der Waals surface area contributed by atoms with Crippen molar-refractivity contribution in [1.29, 1.82) is 0 Å². The second kappa shape index (κ2) is 40.0. The summed E-state index contributed by atoms with van der Waals surface area (Å²) in [6.07, 6.45) is 50.2. The van der Waals surface area contributed by atoms with Crippen LogP contribution in [0.2, 0.25) is 0 Å². The van der Waals surface area contributed by atoms with Gasteiger partial charge in [0.2, 0.25) is 0 Å². The van der Waals surface area contributed by atoms with Gasteiger partial charge >= 0.3 is 13.8 Å². The summed E-state index contributed by atoms with van der Waals surface area (Å²) in [6.45, 7) is 4.11. The standard InChI is InChI=1S/C43H76NO7P/c1-3-5-7-9-11-13-15-17-19-20-21-22-23-24-26-28-30-32-34-36-43(45)51-42(41-50-52(46,47)49-39-37-44)40-48-38-35-33-31-29-27-25-18-16-14-12-10-8-6-4-2/h11,13,17,19,21-22,24,26,30,32,35,38,42H,3-10,12,14-16,18,20,23,25,27-29,31,33-34,36-37,39-41,44H2,1-2H3,(H,46,47)/t42-/m1/s1. The molecule has 0 aliphatic rings. The van der Waals surface area contributed by atoms with Crippen LogP contribution in [0.15, 0.2) is 73.1 Å². The molecule has 8 nitrogen and oxygen atoms in total. The first-order chi connectivity index (χ1) is 25.4. The highest BCUT2D eigenvalue weighted by molar-refractivity contribution is 7.47. The van der Waals surface area contributed by atoms with E-state index in [0.717, 1.165) is 38.5 Å². The zero-order valence-corrected chi connectivity index (χ0v) is 33.9. The van der Waals surface area contributed by atoms with Crippen molar-refractivity contribution in [2.24, 2.45) is 5.73 Å². The SMILES string of the molecule is CCCCCC=CCC=CCC=CCC=CCC=CCCC(=O)O[C@H](COC=CCCCCCCCCCCCCCC)COP(=O)(O)OCCN. The maximum absolute atomic E-state index is 12.5. The molecule has 0 spiro atoms. The topological polar surface area (TPSA) is 117 Å². The molecule has 0 amide bonds. The Hall–Kier alpha value is -2.22. The molecule has 0 aromatic carbocycles. The molecule has 2 atom stereocenters. The minimum absolute atomic E-state index is 0.000517. The molecular formula is C43H76NO7P. The molecule has 0 rings (SSSR count). The van der Waals surface area contributed by atoms with Gasteiger partial charge in [-0.1, -0.05) is 158 Å². The quantitative estimate of drug-likeness (QED) is 0.0211. The molecule has 0 aliphatic heterocycles. The van der Waals surface area contributed by atoms with Crippen molar-refractivity contribution in [3.05, 3.63) is 73.1 Å². The summed E-state index contributed by atoms with van der Waals surface area (Å²) in [4.78, 5) is 22.4. The van der Waals surface area contributed by atoms with Gasteiger partial charge in [-0.25, -0.2) is 4.57 Å². The number of nitrogens with two attached hydrogens (primary N) is 1. The van der Waals surface area contributed by atoms with Gasteiger partial charge in [-0.05, 0) is 63.9 Å². The Morgan fingerprint density at radius 2 is 1.04 bits per heavy atom. The van der Waals surface area contributed by atoms with E-state index in [1.807, 2.05) is 18.2 Å². The third-order valence-electron chi connectivity index (χ3n) is 8.20. The lowest BCUT2D eigenvalue weighted by Crippen LogP contribution is -2.27. The number of rotatable bonds is 38. The van der Waals surface area contributed by atoms with Gasteiger partial charge in [-0.2, -0.15) is 0 Å². The molecule has 0 saturated heterocycles. The van der Waals surface area contributed by atoms with Crippen LogP contribution in [0.4, 0.5) is 0 Å². The summed E-state index contributed by atoms with van der Waals surface area (Å²) >= 11 is 0. The molecule has 0 saturated carbocycles. The molecule has 0 aliphatic carbocycles. The second-order valence-corrected chi connectivity index (χ2v) is 14.7. The Labute approximate surface area is 318 Å². The number of carbonyl (C=O) groups excluding carboxylic acids is 1. The Kier molecular flexibility index (Phi) is 38.3. The maximum atomic E-state index is 12.5. The highest BCUT2D eigenvalue weighted by Gasteiger charge is 2.25. The number of hydrogen-bond donors (Lipinski definition) is 2. The molecule has 52 heavy (non-hydrogen) atoms. The highest BCUT2D eigenvalue weighted by atomic mass is 31.2. The van der Waals surface area contributed by atoms with E-state index >= 15 is 0 Å². The van der Waals surface area contributed by atoms with Crippen molar-refractivity contribution in [3.63, 3.8) is 0 Å². The fourth-order valence-electron chi connectivity index (χ4n) is 5.18. The molecule has 0 bridgehead atoms.